The number of nitrogens with one attached hydrogen (secondary N) is 1. The van der Waals surface area contributed by atoms with E-state index in [-0.39, 0.29) is 37.5 Å². The number of carbonyl (C=O) groups is 3. The number of methoxy groups -OCH3 is 2. The minimum Gasteiger partial charge on any atom is -0.481 e. The number of aliphatic carboxylic acids is 1. The lowest BCUT2D eigenvalue weighted by Crippen LogP contribution is -2.41. The molecule has 1 saturated heterocycles. The maximum absolute atomic E-state index is 14.1. The van der Waals surface area contributed by atoms with E-state index in [2.05, 4.69) is 15.3 Å². The van der Waals surface area contributed by atoms with Gasteiger partial charge in [0.15, 0.2) is 5.13 Å². The summed E-state index contributed by atoms with van der Waals surface area (Å²) in [4.78, 5) is 50.2. The molecule has 2 aliphatic rings. The van der Waals surface area contributed by atoms with Gasteiger partial charge in [-0.15, -0.1) is 0 Å². The monoisotopic (exact) mass is 680 g/mol. The number of carbonyl (C=O) groups excluding carboxylic acids is 2. The number of benzene rings is 2. The Hall–Kier alpha value is -4.80. The Morgan fingerprint density at radius 3 is 2.57 bits per heavy atom. The van der Waals surface area contributed by atoms with Gasteiger partial charge in [0, 0.05) is 49.9 Å². The second-order valence-corrected chi connectivity index (χ2v) is 14.2. The van der Waals surface area contributed by atoms with Gasteiger partial charge in [-0.1, -0.05) is 41.7 Å². The van der Waals surface area contributed by atoms with Crippen molar-refractivity contribution in [2.45, 2.75) is 29.7 Å². The molecule has 0 radical (unpaired) electrons. The minimum atomic E-state index is -4.18. The van der Waals surface area contributed by atoms with Crippen LogP contribution in [0.4, 0.5) is 20.4 Å². The van der Waals surface area contributed by atoms with Crippen LogP contribution in [0.2, 0.25) is 0 Å². The van der Waals surface area contributed by atoms with Gasteiger partial charge >= 0.3 is 18.1 Å². The third-order valence-electron chi connectivity index (χ3n) is 8.39. The highest BCUT2D eigenvalue weighted by Gasteiger charge is 2.50. The number of nitrogens with zero attached hydrogens (tertiary/aromatic N) is 5. The summed E-state index contributed by atoms with van der Waals surface area (Å²) in [5, 5.41) is 12.5. The summed E-state index contributed by atoms with van der Waals surface area (Å²) in [6.07, 6.45) is -0.438. The molecule has 246 valence electrons. The topological polar surface area (TPSA) is 172 Å². The van der Waals surface area contributed by atoms with Crippen LogP contribution in [0.25, 0.3) is 10.3 Å². The van der Waals surface area contributed by atoms with Crippen LogP contribution in [0, 0.1) is 0 Å². The van der Waals surface area contributed by atoms with Gasteiger partial charge in [0.25, 0.3) is 0 Å². The van der Waals surface area contributed by atoms with Gasteiger partial charge in [0.2, 0.25) is 15.9 Å². The van der Waals surface area contributed by atoms with Gasteiger partial charge in [-0.3, -0.25) is 15.0 Å². The molecule has 0 aliphatic carbocycles. The van der Waals surface area contributed by atoms with E-state index >= 15 is 0 Å². The first-order valence-corrected chi connectivity index (χ1v) is 16.9. The number of amides is 3. The van der Waals surface area contributed by atoms with Crippen molar-refractivity contribution >= 4 is 60.6 Å². The molecule has 1 spiro atoms. The summed E-state index contributed by atoms with van der Waals surface area (Å²) < 4.78 is 39.5. The molecule has 16 heteroatoms. The number of hydrogen-bond donors (Lipinski definition) is 2. The van der Waals surface area contributed by atoms with E-state index in [4.69, 9.17) is 9.47 Å². The van der Waals surface area contributed by atoms with Gasteiger partial charge in [-0.2, -0.15) is 4.31 Å². The van der Waals surface area contributed by atoms with Crippen LogP contribution in [0.15, 0.2) is 65.6 Å². The molecule has 47 heavy (non-hydrogen) atoms. The molecule has 14 nitrogen and oxygen atoms in total. The summed E-state index contributed by atoms with van der Waals surface area (Å²) >= 11 is 1.19. The Balaban J connectivity index is 1.35. The zero-order chi connectivity index (χ0) is 33.3. The standard InChI is InChI=1S/C31H32N6O8S2/c1-44-25-11-9-23-27(33-25)46-28(32-23)34-29(40)37-19-31(13-15-35(18-31)30(41)45-2)22-16-21(8-10-24(22)37)47(42,43)36(14-12-26(38)39)17-20-6-4-3-5-7-20/h3-11,16H,12-15,17-19H2,1-2H3,(H,38,39)(H,32,34,40)/t31-/m1/s1. The SMILES string of the molecule is COC(=O)N1CC[C@@]2(C1)CN(C(=O)Nc1nc3ccc(OC)nc3s1)c1ccc(S(=O)(=O)N(CCC(=O)O)Cc3ccccc3)cc12. The summed E-state index contributed by atoms with van der Waals surface area (Å²) in [5.41, 5.74) is 1.60. The van der Waals surface area contributed by atoms with Crippen molar-refractivity contribution in [1.29, 1.82) is 0 Å². The number of pyridine rings is 1. The largest absolute Gasteiger partial charge is 0.481 e. The minimum absolute atomic E-state index is 0.0216. The highest BCUT2D eigenvalue weighted by atomic mass is 32.2. The normalized spacial score (nSPS) is 17.3. The number of thiazole rings is 1. The zero-order valence-corrected chi connectivity index (χ0v) is 27.2. The molecule has 2 aromatic heterocycles. The van der Waals surface area contributed by atoms with Crippen molar-refractivity contribution in [3.8, 4) is 5.88 Å². The Morgan fingerprint density at radius 2 is 1.85 bits per heavy atom. The molecule has 2 aliphatic heterocycles. The molecule has 3 amide bonds. The fourth-order valence-electron chi connectivity index (χ4n) is 6.06. The number of carboxylic acid groups (broad SMARTS) is 1. The lowest BCUT2D eigenvalue weighted by Gasteiger charge is -2.26. The second kappa shape index (κ2) is 12.8. The van der Waals surface area contributed by atoms with E-state index in [0.29, 0.717) is 51.1 Å². The number of carboxylic acids is 1. The first kappa shape index (κ1) is 32.2. The lowest BCUT2D eigenvalue weighted by atomic mass is 9.81. The highest BCUT2D eigenvalue weighted by Crippen LogP contribution is 2.48. The smallest absolute Gasteiger partial charge is 0.409 e. The van der Waals surface area contributed by atoms with Crippen molar-refractivity contribution in [2.75, 3.05) is 50.6 Å². The predicted octanol–water partition coefficient (Wildman–Crippen LogP) is 4.13. The van der Waals surface area contributed by atoms with Crippen LogP contribution in [-0.4, -0.2) is 91.2 Å². The molecule has 4 heterocycles. The Morgan fingerprint density at radius 1 is 1.06 bits per heavy atom. The fourth-order valence-corrected chi connectivity index (χ4v) is 8.34. The quantitative estimate of drug-likeness (QED) is 0.262. The maximum atomic E-state index is 14.1. The average molecular weight is 681 g/mol. The molecular formula is C31H32N6O8S2. The van der Waals surface area contributed by atoms with E-state index < -0.39 is 33.5 Å². The molecule has 0 unspecified atom stereocenters. The van der Waals surface area contributed by atoms with Gasteiger partial charge < -0.3 is 19.5 Å². The van der Waals surface area contributed by atoms with Crippen molar-refractivity contribution in [2.24, 2.45) is 0 Å². The number of urea groups is 1. The van der Waals surface area contributed by atoms with E-state index in [1.165, 1.54) is 41.4 Å². The van der Waals surface area contributed by atoms with Crippen LogP contribution in [-0.2, 0) is 31.5 Å². The molecule has 2 aromatic carbocycles. The highest BCUT2D eigenvalue weighted by molar-refractivity contribution is 7.89. The number of rotatable bonds is 9. The van der Waals surface area contributed by atoms with E-state index in [9.17, 15) is 27.9 Å². The molecule has 1 fully saturated rings. The summed E-state index contributed by atoms with van der Waals surface area (Å²) in [7, 11) is -1.38. The van der Waals surface area contributed by atoms with Crippen LogP contribution in [0.3, 0.4) is 0 Å². The number of anilines is 2. The Labute approximate surface area is 274 Å². The first-order chi connectivity index (χ1) is 22.5. The summed E-state index contributed by atoms with van der Waals surface area (Å²) in [5.74, 6) is -0.702. The number of aromatic nitrogens is 2. The lowest BCUT2D eigenvalue weighted by molar-refractivity contribution is -0.137. The predicted molar refractivity (Wildman–Crippen MR) is 173 cm³/mol. The third kappa shape index (κ3) is 6.31. The van der Waals surface area contributed by atoms with Crippen LogP contribution < -0.4 is 15.0 Å². The Bertz CT molecular complexity index is 1950. The van der Waals surface area contributed by atoms with Crippen LogP contribution >= 0.6 is 11.3 Å². The number of fused-ring (bicyclic) bond motifs is 3. The van der Waals surface area contributed by atoms with E-state index in [1.54, 1.807) is 48.5 Å². The molecule has 0 saturated carbocycles. The van der Waals surface area contributed by atoms with Crippen LogP contribution in [0.1, 0.15) is 24.0 Å². The maximum Gasteiger partial charge on any atom is 0.409 e. The van der Waals surface area contributed by atoms with Crippen molar-refractivity contribution in [1.82, 2.24) is 19.2 Å². The molecule has 0 bridgehead atoms. The molecule has 4 aromatic rings. The van der Waals surface area contributed by atoms with Gasteiger partial charge in [-0.05, 0) is 41.8 Å². The molecule has 1 atom stereocenters. The summed E-state index contributed by atoms with van der Waals surface area (Å²) in [6.45, 7) is 0.476. The number of likely N-dealkylation sites (tertiary alicyclic amines) is 1. The van der Waals surface area contributed by atoms with Crippen molar-refractivity contribution in [3.63, 3.8) is 0 Å². The first-order valence-electron chi connectivity index (χ1n) is 14.7. The van der Waals surface area contributed by atoms with Gasteiger partial charge in [-0.25, -0.2) is 28.0 Å². The summed E-state index contributed by atoms with van der Waals surface area (Å²) in [6, 6.07) is 16.4. The molecule has 6 rings (SSSR count). The van der Waals surface area contributed by atoms with E-state index in [1.807, 2.05) is 6.07 Å². The number of sulfonamides is 1. The van der Waals surface area contributed by atoms with Gasteiger partial charge in [0.1, 0.15) is 10.3 Å². The third-order valence-corrected chi connectivity index (χ3v) is 11.1. The fraction of sp³-hybridized carbons (Fsp3) is 0.323. The van der Waals surface area contributed by atoms with E-state index in [0.717, 1.165) is 4.31 Å². The second-order valence-electron chi connectivity index (χ2n) is 11.3. The molecular weight excluding hydrogens is 649 g/mol. The van der Waals surface area contributed by atoms with Gasteiger partial charge in [0.05, 0.1) is 25.5 Å². The number of ether oxygens (including phenoxy) is 2. The Kier molecular flexibility index (Phi) is 8.74. The average Bonchev–Trinajstić information content (AvgIpc) is 3.77. The van der Waals surface area contributed by atoms with Crippen LogP contribution in [0.5, 0.6) is 5.88 Å². The van der Waals surface area contributed by atoms with Crippen molar-refractivity contribution < 1.29 is 37.4 Å². The molecule has 2 N–H and O–H groups in total. The zero-order valence-electron chi connectivity index (χ0n) is 25.6. The number of hydrogen-bond acceptors (Lipinski definition) is 10. The van der Waals surface area contributed by atoms with Crippen molar-refractivity contribution in [3.05, 3.63) is 71.8 Å².